The number of halogens is 1. The van der Waals surface area contributed by atoms with Gasteiger partial charge in [0, 0.05) is 25.5 Å². The minimum absolute atomic E-state index is 0.415. The van der Waals surface area contributed by atoms with Gasteiger partial charge in [0.05, 0.1) is 43.2 Å². The number of rotatable bonds is 3. The van der Waals surface area contributed by atoms with Crippen LogP contribution in [0.3, 0.4) is 0 Å². The van der Waals surface area contributed by atoms with E-state index in [0.29, 0.717) is 12.5 Å². The molecule has 0 aliphatic carbocycles. The molecule has 0 aromatic carbocycles. The van der Waals surface area contributed by atoms with Crippen LogP contribution < -0.4 is 4.90 Å². The molecule has 3 aromatic rings. The number of hydrogen-bond donors (Lipinski definition) is 0. The highest BCUT2D eigenvalue weighted by molar-refractivity contribution is 5.32. The lowest BCUT2D eigenvalue weighted by atomic mass is 10.3. The molecule has 3 aromatic heterocycles. The van der Waals surface area contributed by atoms with E-state index in [4.69, 9.17) is 0 Å². The summed E-state index contributed by atoms with van der Waals surface area (Å²) < 4.78 is 17.3. The van der Waals surface area contributed by atoms with E-state index < -0.39 is 5.82 Å². The second-order valence-corrected chi connectivity index (χ2v) is 5.66. The fourth-order valence-electron chi connectivity index (χ4n) is 2.94. The van der Waals surface area contributed by atoms with E-state index in [9.17, 15) is 4.39 Å². The van der Waals surface area contributed by atoms with E-state index in [0.717, 1.165) is 31.7 Å². The highest BCUT2D eigenvalue weighted by atomic mass is 19.1. The second-order valence-electron chi connectivity index (χ2n) is 5.66. The molecule has 0 atom stereocenters. The first-order valence-electron chi connectivity index (χ1n) is 7.66. The van der Waals surface area contributed by atoms with E-state index in [1.54, 1.807) is 0 Å². The summed E-state index contributed by atoms with van der Waals surface area (Å²) in [6, 6.07) is 4.01. The maximum atomic E-state index is 13.0. The van der Waals surface area contributed by atoms with Gasteiger partial charge in [-0.25, -0.2) is 19.3 Å². The fourth-order valence-corrected chi connectivity index (χ4v) is 2.94. The number of hydrogen-bond acceptors (Lipinski definition) is 4. The van der Waals surface area contributed by atoms with Crippen molar-refractivity contribution in [3.05, 3.63) is 60.5 Å². The Hall–Kier alpha value is -2.70. The van der Waals surface area contributed by atoms with E-state index in [1.807, 2.05) is 30.9 Å². The van der Waals surface area contributed by atoms with Crippen molar-refractivity contribution in [2.45, 2.75) is 26.1 Å². The van der Waals surface area contributed by atoms with Crippen molar-refractivity contribution in [3.8, 4) is 0 Å². The Morgan fingerprint density at radius 3 is 2.61 bits per heavy atom. The summed E-state index contributed by atoms with van der Waals surface area (Å²) in [6.07, 6.45) is 9.37. The normalized spacial score (nSPS) is 14.6. The molecule has 4 heterocycles. The molecule has 1 aliphatic heterocycles. The van der Waals surface area contributed by atoms with Crippen LogP contribution in [-0.2, 0) is 19.6 Å². The lowest BCUT2D eigenvalue weighted by Gasteiger charge is -2.20. The zero-order chi connectivity index (χ0) is 15.6. The maximum absolute atomic E-state index is 13.0. The number of anilines is 1. The minimum atomic E-state index is -0.415. The molecule has 0 radical (unpaired) electrons. The molecule has 0 spiro atoms. The molecular formula is C16H17FN6. The first-order chi connectivity index (χ1) is 11.3. The third-order valence-corrected chi connectivity index (χ3v) is 4.09. The fraction of sp³-hybridized carbons (Fsp3) is 0.312. The topological polar surface area (TPSA) is 51.8 Å². The summed E-state index contributed by atoms with van der Waals surface area (Å²) >= 11 is 0. The molecule has 118 valence electrons. The van der Waals surface area contributed by atoms with Crippen LogP contribution in [-0.4, -0.2) is 30.6 Å². The van der Waals surface area contributed by atoms with E-state index in [2.05, 4.69) is 29.0 Å². The summed E-state index contributed by atoms with van der Waals surface area (Å²) in [6.45, 7) is 3.19. The van der Waals surface area contributed by atoms with Gasteiger partial charge >= 0.3 is 0 Å². The molecule has 0 fully saturated rings. The zero-order valence-corrected chi connectivity index (χ0v) is 12.6. The van der Waals surface area contributed by atoms with Crippen LogP contribution in [0, 0.1) is 5.82 Å². The SMILES string of the molecule is Fc1cnc(N2CCCn3cnc(Cn4cccc4)c3C2)nc1. The van der Waals surface area contributed by atoms with Crippen LogP contribution in [0.25, 0.3) is 0 Å². The Morgan fingerprint density at radius 2 is 1.83 bits per heavy atom. The Bertz CT molecular complexity index is 778. The predicted molar refractivity (Wildman–Crippen MR) is 83.4 cm³/mol. The minimum Gasteiger partial charge on any atom is -0.348 e. The molecule has 4 rings (SSSR count). The molecule has 0 saturated carbocycles. The summed E-state index contributed by atoms with van der Waals surface area (Å²) in [5.41, 5.74) is 2.22. The van der Waals surface area contributed by atoms with Gasteiger partial charge in [-0.2, -0.15) is 0 Å². The molecule has 0 amide bonds. The Labute approximate surface area is 133 Å². The van der Waals surface area contributed by atoms with Crippen molar-refractivity contribution in [1.82, 2.24) is 24.1 Å². The quantitative estimate of drug-likeness (QED) is 0.743. The van der Waals surface area contributed by atoms with Crippen LogP contribution in [0.5, 0.6) is 0 Å². The smallest absolute Gasteiger partial charge is 0.225 e. The van der Waals surface area contributed by atoms with Gasteiger partial charge in [0.1, 0.15) is 0 Å². The lowest BCUT2D eigenvalue weighted by Crippen LogP contribution is -2.25. The summed E-state index contributed by atoms with van der Waals surface area (Å²) in [5.74, 6) is 0.148. The van der Waals surface area contributed by atoms with Crippen molar-refractivity contribution in [3.63, 3.8) is 0 Å². The molecule has 0 unspecified atom stereocenters. The Kier molecular flexibility index (Phi) is 3.53. The van der Waals surface area contributed by atoms with Gasteiger partial charge < -0.3 is 14.0 Å². The van der Waals surface area contributed by atoms with Crippen LogP contribution in [0.1, 0.15) is 17.8 Å². The predicted octanol–water partition coefficient (Wildman–Crippen LogP) is 2.07. The first kappa shape index (κ1) is 13.9. The first-order valence-corrected chi connectivity index (χ1v) is 7.66. The van der Waals surface area contributed by atoms with Crippen molar-refractivity contribution in [2.75, 3.05) is 11.4 Å². The maximum Gasteiger partial charge on any atom is 0.225 e. The molecule has 1 aliphatic rings. The average Bonchev–Trinajstić information content (AvgIpc) is 3.14. The number of fused-ring (bicyclic) bond motifs is 1. The van der Waals surface area contributed by atoms with Crippen LogP contribution in [0.15, 0.2) is 43.2 Å². The third kappa shape index (κ3) is 2.81. The van der Waals surface area contributed by atoms with E-state index >= 15 is 0 Å². The number of aromatic nitrogens is 5. The highest BCUT2D eigenvalue weighted by Gasteiger charge is 2.20. The largest absolute Gasteiger partial charge is 0.348 e. The highest BCUT2D eigenvalue weighted by Crippen LogP contribution is 2.20. The van der Waals surface area contributed by atoms with Crippen LogP contribution >= 0.6 is 0 Å². The van der Waals surface area contributed by atoms with Crippen molar-refractivity contribution in [2.24, 2.45) is 0 Å². The van der Waals surface area contributed by atoms with Crippen molar-refractivity contribution >= 4 is 5.95 Å². The molecular weight excluding hydrogens is 295 g/mol. The number of aryl methyl sites for hydroxylation is 1. The molecule has 7 heteroatoms. The van der Waals surface area contributed by atoms with E-state index in [-0.39, 0.29) is 0 Å². The monoisotopic (exact) mass is 312 g/mol. The summed E-state index contributed by atoms with van der Waals surface area (Å²) in [5, 5.41) is 0. The van der Waals surface area contributed by atoms with Crippen LogP contribution in [0.4, 0.5) is 10.3 Å². The van der Waals surface area contributed by atoms with Gasteiger partial charge in [0.25, 0.3) is 0 Å². The van der Waals surface area contributed by atoms with Gasteiger partial charge in [0.2, 0.25) is 5.95 Å². The van der Waals surface area contributed by atoms with Gasteiger partial charge in [-0.15, -0.1) is 0 Å². The molecule has 0 saturated heterocycles. The van der Waals surface area contributed by atoms with Gasteiger partial charge in [-0.3, -0.25) is 0 Å². The zero-order valence-electron chi connectivity index (χ0n) is 12.6. The number of nitrogens with zero attached hydrogens (tertiary/aromatic N) is 6. The standard InChI is InChI=1S/C16H17FN6/c17-13-8-18-16(19-9-13)22-6-3-7-23-12-20-14(15(23)11-22)10-21-4-1-2-5-21/h1-2,4-5,8-9,12H,3,6-7,10-11H2. The second kappa shape index (κ2) is 5.83. The molecule has 0 bridgehead atoms. The lowest BCUT2D eigenvalue weighted by molar-refractivity contribution is 0.609. The van der Waals surface area contributed by atoms with Crippen LogP contribution in [0.2, 0.25) is 0 Å². The Morgan fingerprint density at radius 1 is 1.04 bits per heavy atom. The average molecular weight is 312 g/mol. The summed E-state index contributed by atoms with van der Waals surface area (Å²) in [7, 11) is 0. The van der Waals surface area contributed by atoms with Crippen molar-refractivity contribution < 1.29 is 4.39 Å². The molecule has 23 heavy (non-hydrogen) atoms. The summed E-state index contributed by atoms with van der Waals surface area (Å²) in [4.78, 5) is 14.9. The van der Waals surface area contributed by atoms with Gasteiger partial charge in [-0.1, -0.05) is 0 Å². The van der Waals surface area contributed by atoms with Gasteiger partial charge in [0.15, 0.2) is 5.82 Å². The van der Waals surface area contributed by atoms with Crippen molar-refractivity contribution in [1.29, 1.82) is 0 Å². The number of imidazole rings is 1. The molecule has 0 N–H and O–H groups in total. The Balaban J connectivity index is 1.62. The van der Waals surface area contributed by atoms with E-state index in [1.165, 1.54) is 18.1 Å². The third-order valence-electron chi connectivity index (χ3n) is 4.09. The van der Waals surface area contributed by atoms with Gasteiger partial charge in [-0.05, 0) is 18.6 Å². The molecule has 6 nitrogen and oxygen atoms in total.